The van der Waals surface area contributed by atoms with Gasteiger partial charge in [0.05, 0.1) is 0 Å². The summed E-state index contributed by atoms with van der Waals surface area (Å²) in [5, 5.41) is 4.92. The quantitative estimate of drug-likeness (QED) is 0.290. The van der Waals surface area contributed by atoms with Gasteiger partial charge in [-0.15, -0.1) is 0 Å². The number of hydrogen-bond donors (Lipinski definition) is 4. The molecule has 0 spiro atoms. The molecule has 0 aliphatic carbocycles. The first-order valence-electron chi connectivity index (χ1n) is 9.73. The third-order valence-corrected chi connectivity index (χ3v) is 6.20. The molecule has 0 saturated carbocycles. The maximum Gasteiger partial charge on any atom is 0.295 e. The Labute approximate surface area is 197 Å². The lowest BCUT2D eigenvalue weighted by molar-refractivity contribution is -0.120. The third kappa shape index (κ3) is 7.46. The van der Waals surface area contributed by atoms with Crippen molar-refractivity contribution in [1.82, 2.24) is 0 Å². The molecular weight excluding hydrogens is 488 g/mol. The van der Waals surface area contributed by atoms with Crippen LogP contribution < -0.4 is 10.6 Å². The minimum absolute atomic E-state index is 0.0104. The van der Waals surface area contributed by atoms with Crippen LogP contribution in [0.1, 0.15) is 25.0 Å². The summed E-state index contributed by atoms with van der Waals surface area (Å²) in [7, 11) is -8.13. The molecule has 0 aliphatic heterocycles. The molecule has 184 valence electrons. The zero-order valence-corrected chi connectivity index (χ0v) is 20.1. The van der Waals surface area contributed by atoms with Gasteiger partial charge in [-0.2, -0.15) is 16.8 Å². The van der Waals surface area contributed by atoms with Crippen LogP contribution in [-0.2, 0) is 34.6 Å². The molecule has 0 heterocycles. The monoisotopic (exact) mass is 512 g/mol. The summed E-state index contributed by atoms with van der Waals surface area (Å²) in [6.07, 6.45) is 2.42. The number of amides is 2. The normalized spacial score (nSPS) is 12.2. The number of rotatable bonds is 9. The average Bonchev–Trinajstić information content (AvgIpc) is 2.72. The Morgan fingerprint density at radius 2 is 1.32 bits per heavy atom. The van der Waals surface area contributed by atoms with E-state index in [1.54, 1.807) is 13.8 Å². The summed E-state index contributed by atoms with van der Waals surface area (Å²) in [5.41, 5.74) is 0.184. The second-order valence-corrected chi connectivity index (χ2v) is 10.2. The van der Waals surface area contributed by atoms with Gasteiger partial charge in [0, 0.05) is 24.4 Å². The van der Waals surface area contributed by atoms with Gasteiger partial charge in [-0.1, -0.05) is 38.1 Å². The first-order valence-corrected chi connectivity index (χ1v) is 12.6. The van der Waals surface area contributed by atoms with Crippen molar-refractivity contribution >= 4 is 55.6 Å². The summed E-state index contributed by atoms with van der Waals surface area (Å²) in [5.74, 6) is -1.27. The fraction of sp³-hybridized carbons (Fsp3) is 0.238. The minimum atomic E-state index is -4.72. The van der Waals surface area contributed by atoms with Crippen LogP contribution in [0.25, 0.3) is 12.2 Å². The summed E-state index contributed by atoms with van der Waals surface area (Å²) in [4.78, 5) is 22.5. The Bertz CT molecular complexity index is 1330. The molecule has 0 saturated heterocycles. The summed E-state index contributed by atoms with van der Waals surface area (Å²) in [6.45, 7) is 3.03. The number of anilines is 2. The molecule has 4 N–H and O–H groups in total. The second-order valence-electron chi connectivity index (χ2n) is 7.41. The van der Waals surface area contributed by atoms with Crippen LogP contribution in [0.4, 0.5) is 11.4 Å². The zero-order valence-electron chi connectivity index (χ0n) is 18.5. The second kappa shape index (κ2) is 10.9. The van der Waals surface area contributed by atoms with Gasteiger partial charge in [0.15, 0.2) is 0 Å². The lowest BCUT2D eigenvalue weighted by atomic mass is 10.1. The standard InChI is InChI=1S/C21H24N2O9S2/c1-13(2)21(25)23-17-9-7-15(19(11-17)34(29,30)31)5-4-14-6-8-16(22-20(24)12-32-3)10-18(14)33(26,27)28/h4-11,13H,12H2,1-3H3,(H,22,24)(H,23,25)(H,26,27,28)(H,29,30,31)/b5-4+. The Kier molecular flexibility index (Phi) is 8.69. The van der Waals surface area contributed by atoms with E-state index in [4.69, 9.17) is 0 Å². The van der Waals surface area contributed by atoms with Crippen LogP contribution >= 0.6 is 0 Å². The van der Waals surface area contributed by atoms with Crippen molar-refractivity contribution in [2.24, 2.45) is 5.92 Å². The van der Waals surface area contributed by atoms with Crippen molar-refractivity contribution in [1.29, 1.82) is 0 Å². The zero-order chi connectivity index (χ0) is 25.7. The van der Waals surface area contributed by atoms with Crippen LogP contribution in [0, 0.1) is 5.92 Å². The van der Waals surface area contributed by atoms with Crippen LogP contribution in [0.3, 0.4) is 0 Å². The molecule has 0 aromatic heterocycles. The summed E-state index contributed by atoms with van der Waals surface area (Å²) < 4.78 is 71.4. The van der Waals surface area contributed by atoms with Crippen molar-refractivity contribution < 1.29 is 40.3 Å². The molecule has 0 radical (unpaired) electrons. The van der Waals surface area contributed by atoms with Gasteiger partial charge in [-0.3, -0.25) is 18.7 Å². The SMILES string of the molecule is COCC(=O)Nc1ccc(/C=C/c2ccc(NC(=O)C(C)C)cc2S(=O)(=O)O)c(S(=O)(=O)O)c1. The number of ether oxygens (including phenoxy) is 1. The molecule has 0 unspecified atom stereocenters. The maximum atomic E-state index is 11.9. The van der Waals surface area contributed by atoms with Gasteiger partial charge >= 0.3 is 0 Å². The van der Waals surface area contributed by atoms with E-state index in [0.717, 1.165) is 12.1 Å². The Morgan fingerprint density at radius 1 is 0.882 bits per heavy atom. The molecule has 13 heteroatoms. The van der Waals surface area contributed by atoms with E-state index in [2.05, 4.69) is 15.4 Å². The highest BCUT2D eigenvalue weighted by Gasteiger charge is 2.18. The van der Waals surface area contributed by atoms with E-state index in [0.29, 0.717) is 0 Å². The first-order chi connectivity index (χ1) is 15.7. The van der Waals surface area contributed by atoms with Gasteiger partial charge in [0.1, 0.15) is 16.4 Å². The van der Waals surface area contributed by atoms with Crippen LogP contribution in [0.5, 0.6) is 0 Å². The topological polar surface area (TPSA) is 176 Å². The van der Waals surface area contributed by atoms with E-state index in [1.165, 1.54) is 43.5 Å². The predicted octanol–water partition coefficient (Wildman–Crippen LogP) is 2.53. The highest BCUT2D eigenvalue weighted by molar-refractivity contribution is 7.86. The number of carbonyl (C=O) groups is 2. The molecule has 0 fully saturated rings. The Balaban J connectivity index is 2.49. The van der Waals surface area contributed by atoms with E-state index >= 15 is 0 Å². The highest BCUT2D eigenvalue weighted by atomic mass is 32.2. The van der Waals surface area contributed by atoms with E-state index < -0.39 is 35.9 Å². The van der Waals surface area contributed by atoms with Crippen LogP contribution in [-0.4, -0.2) is 51.5 Å². The van der Waals surface area contributed by atoms with Gasteiger partial charge in [-0.25, -0.2) is 0 Å². The molecule has 2 aromatic rings. The van der Waals surface area contributed by atoms with Crippen molar-refractivity contribution in [3.8, 4) is 0 Å². The largest absolute Gasteiger partial charge is 0.375 e. The lowest BCUT2D eigenvalue weighted by Gasteiger charge is -2.11. The molecule has 2 amide bonds. The van der Waals surface area contributed by atoms with Crippen molar-refractivity contribution in [3.63, 3.8) is 0 Å². The van der Waals surface area contributed by atoms with Crippen LogP contribution in [0.2, 0.25) is 0 Å². The molecule has 11 nitrogen and oxygen atoms in total. The van der Waals surface area contributed by atoms with Gasteiger partial charge in [0.2, 0.25) is 11.8 Å². The number of methoxy groups -OCH3 is 1. The highest BCUT2D eigenvalue weighted by Crippen LogP contribution is 2.26. The van der Waals surface area contributed by atoms with Gasteiger partial charge < -0.3 is 15.4 Å². The molecule has 34 heavy (non-hydrogen) atoms. The Morgan fingerprint density at radius 3 is 1.71 bits per heavy atom. The molecule has 0 atom stereocenters. The summed E-state index contributed by atoms with van der Waals surface area (Å²) >= 11 is 0. The molecule has 2 rings (SSSR count). The average molecular weight is 513 g/mol. The number of nitrogens with one attached hydrogen (secondary N) is 2. The van der Waals surface area contributed by atoms with Gasteiger partial charge in [-0.05, 0) is 35.4 Å². The third-order valence-electron chi connectivity index (χ3n) is 4.38. The van der Waals surface area contributed by atoms with Crippen LogP contribution in [0.15, 0.2) is 46.2 Å². The molecule has 2 aromatic carbocycles. The van der Waals surface area contributed by atoms with E-state index in [-0.39, 0.29) is 40.9 Å². The lowest BCUT2D eigenvalue weighted by Crippen LogP contribution is -2.18. The van der Waals surface area contributed by atoms with Gasteiger partial charge in [0.25, 0.3) is 20.2 Å². The number of hydrogen-bond acceptors (Lipinski definition) is 7. The van der Waals surface area contributed by atoms with Crippen molar-refractivity contribution in [2.45, 2.75) is 23.6 Å². The molecule has 0 bridgehead atoms. The summed E-state index contributed by atoms with van der Waals surface area (Å²) in [6, 6.07) is 7.46. The minimum Gasteiger partial charge on any atom is -0.375 e. The number of benzene rings is 2. The molecular formula is C21H24N2O9S2. The van der Waals surface area contributed by atoms with E-state index in [9.17, 15) is 35.5 Å². The van der Waals surface area contributed by atoms with E-state index in [1.807, 2.05) is 0 Å². The molecule has 0 aliphatic rings. The number of carbonyl (C=O) groups excluding carboxylic acids is 2. The fourth-order valence-corrected chi connectivity index (χ4v) is 4.16. The van der Waals surface area contributed by atoms with Crippen molar-refractivity contribution in [2.75, 3.05) is 24.4 Å². The van der Waals surface area contributed by atoms with Crippen molar-refractivity contribution in [3.05, 3.63) is 47.5 Å². The Hall–Kier alpha value is -3.10. The maximum absolute atomic E-state index is 11.9. The fourth-order valence-electron chi connectivity index (χ4n) is 2.74. The predicted molar refractivity (Wildman–Crippen MR) is 125 cm³/mol. The smallest absolute Gasteiger partial charge is 0.295 e. The first kappa shape index (κ1) is 27.1.